The highest BCUT2D eigenvalue weighted by Gasteiger charge is 2.26. The summed E-state index contributed by atoms with van der Waals surface area (Å²) in [6.45, 7) is 7.19. The van der Waals surface area contributed by atoms with Crippen LogP contribution in [-0.2, 0) is 4.79 Å². The molecule has 1 rings (SSSR count). The summed E-state index contributed by atoms with van der Waals surface area (Å²) in [6, 6.07) is -0.323. The first-order valence-corrected chi connectivity index (χ1v) is 6.07. The molecule has 5 heteroatoms. The molecule has 1 heterocycles. The Kier molecular flexibility index (Phi) is 4.59. The predicted molar refractivity (Wildman–Crippen MR) is 63.4 cm³/mol. The van der Waals surface area contributed by atoms with E-state index in [0.717, 1.165) is 6.42 Å². The molecule has 1 aliphatic rings. The van der Waals surface area contributed by atoms with Gasteiger partial charge in [-0.3, -0.25) is 10.1 Å². The minimum atomic E-state index is -0.677. The van der Waals surface area contributed by atoms with Crippen LogP contribution < -0.4 is 5.32 Å². The summed E-state index contributed by atoms with van der Waals surface area (Å²) in [5.74, 6) is 0.536. The Morgan fingerprint density at radius 3 is 2.25 bits per heavy atom. The number of nitrogens with one attached hydrogen (secondary N) is 1. The molecule has 1 saturated heterocycles. The highest BCUT2D eigenvalue weighted by molar-refractivity contribution is 6.31. The largest absolute Gasteiger partial charge is 0.324 e. The van der Waals surface area contributed by atoms with Crippen LogP contribution in [0, 0.1) is 11.8 Å². The van der Waals surface area contributed by atoms with Crippen LogP contribution in [-0.4, -0.2) is 35.3 Å². The van der Waals surface area contributed by atoms with Gasteiger partial charge in [0.15, 0.2) is 0 Å². The van der Waals surface area contributed by atoms with Gasteiger partial charge in [-0.2, -0.15) is 0 Å². The lowest BCUT2D eigenvalue weighted by Crippen LogP contribution is -2.50. The van der Waals surface area contributed by atoms with Gasteiger partial charge < -0.3 is 4.90 Å². The molecule has 16 heavy (non-hydrogen) atoms. The van der Waals surface area contributed by atoms with E-state index in [0.29, 0.717) is 24.9 Å². The van der Waals surface area contributed by atoms with Crippen LogP contribution in [0.5, 0.6) is 0 Å². The number of imide groups is 1. The Hall–Kier alpha value is -0.770. The molecule has 0 aromatic carbocycles. The van der Waals surface area contributed by atoms with Gasteiger partial charge >= 0.3 is 6.03 Å². The predicted octanol–water partition coefficient (Wildman–Crippen LogP) is 1.83. The molecule has 3 amide bonds. The number of rotatable bonds is 1. The van der Waals surface area contributed by atoms with Gasteiger partial charge in [0.1, 0.15) is 5.38 Å². The van der Waals surface area contributed by atoms with Gasteiger partial charge in [-0.1, -0.05) is 13.8 Å². The normalized spacial score (nSPS) is 27.4. The lowest BCUT2D eigenvalue weighted by Gasteiger charge is -2.34. The molecule has 0 aliphatic carbocycles. The number of hydrogen-bond donors (Lipinski definition) is 1. The number of hydrogen-bond acceptors (Lipinski definition) is 2. The van der Waals surface area contributed by atoms with E-state index in [1.165, 1.54) is 0 Å². The van der Waals surface area contributed by atoms with E-state index in [2.05, 4.69) is 19.2 Å². The van der Waals surface area contributed by atoms with Crippen LogP contribution in [0.4, 0.5) is 4.79 Å². The molecule has 0 aromatic heterocycles. The lowest BCUT2D eigenvalue weighted by molar-refractivity contribution is -0.119. The summed E-state index contributed by atoms with van der Waals surface area (Å²) in [4.78, 5) is 24.7. The van der Waals surface area contributed by atoms with Gasteiger partial charge in [0.05, 0.1) is 0 Å². The van der Waals surface area contributed by atoms with Crippen molar-refractivity contribution in [1.29, 1.82) is 0 Å². The molecule has 0 bridgehead atoms. The van der Waals surface area contributed by atoms with E-state index in [1.807, 2.05) is 0 Å². The quantitative estimate of drug-likeness (QED) is 0.718. The standard InChI is InChI=1S/C11H19ClN2O2/c1-7-4-8(2)6-14(5-7)11(16)13-10(15)9(3)12/h7-9H,4-6H2,1-3H3,(H,13,15,16). The third-order valence-corrected chi connectivity index (χ3v) is 2.95. The van der Waals surface area contributed by atoms with Gasteiger partial charge in [-0.15, -0.1) is 11.6 Å². The average Bonchev–Trinajstić information content (AvgIpc) is 2.15. The van der Waals surface area contributed by atoms with Gasteiger partial charge in [0, 0.05) is 13.1 Å². The summed E-state index contributed by atoms with van der Waals surface area (Å²) in [7, 11) is 0. The number of likely N-dealkylation sites (tertiary alicyclic amines) is 1. The Labute approximate surface area is 101 Å². The number of carbonyl (C=O) groups excluding carboxylic acids is 2. The molecular formula is C11H19ClN2O2. The second kappa shape index (κ2) is 5.53. The molecule has 3 unspecified atom stereocenters. The SMILES string of the molecule is CC1CC(C)CN(C(=O)NC(=O)C(C)Cl)C1. The van der Waals surface area contributed by atoms with Gasteiger partial charge in [-0.25, -0.2) is 4.79 Å². The average molecular weight is 247 g/mol. The van der Waals surface area contributed by atoms with E-state index in [9.17, 15) is 9.59 Å². The van der Waals surface area contributed by atoms with Crippen molar-refractivity contribution in [2.75, 3.05) is 13.1 Å². The van der Waals surface area contributed by atoms with Crippen LogP contribution >= 0.6 is 11.6 Å². The maximum Gasteiger partial charge on any atom is 0.324 e. The van der Waals surface area contributed by atoms with Crippen LogP contribution in [0.15, 0.2) is 0 Å². The number of urea groups is 1. The van der Waals surface area contributed by atoms with E-state index < -0.39 is 11.3 Å². The van der Waals surface area contributed by atoms with Crippen molar-refractivity contribution in [3.05, 3.63) is 0 Å². The maximum absolute atomic E-state index is 11.7. The number of amides is 3. The molecular weight excluding hydrogens is 228 g/mol. The summed E-state index contributed by atoms with van der Waals surface area (Å²) in [6.07, 6.45) is 1.13. The molecule has 4 nitrogen and oxygen atoms in total. The smallest absolute Gasteiger partial charge is 0.324 e. The fourth-order valence-electron chi connectivity index (χ4n) is 2.11. The summed E-state index contributed by atoms with van der Waals surface area (Å²) in [5.41, 5.74) is 0. The van der Waals surface area contributed by atoms with Crippen molar-refractivity contribution >= 4 is 23.5 Å². The third-order valence-electron chi connectivity index (χ3n) is 2.75. The van der Waals surface area contributed by atoms with Crippen molar-refractivity contribution in [1.82, 2.24) is 10.2 Å². The van der Waals surface area contributed by atoms with Crippen LogP contribution in [0.1, 0.15) is 27.2 Å². The Bertz CT molecular complexity index is 271. The van der Waals surface area contributed by atoms with Crippen molar-refractivity contribution < 1.29 is 9.59 Å². The second-order valence-electron chi connectivity index (χ2n) is 4.76. The van der Waals surface area contributed by atoms with Crippen molar-refractivity contribution in [2.24, 2.45) is 11.8 Å². The van der Waals surface area contributed by atoms with Gasteiger partial charge in [0.25, 0.3) is 0 Å². The molecule has 3 atom stereocenters. The summed E-state index contributed by atoms with van der Waals surface area (Å²) >= 11 is 5.59. The van der Waals surface area contributed by atoms with E-state index >= 15 is 0 Å². The van der Waals surface area contributed by atoms with Crippen molar-refractivity contribution in [2.45, 2.75) is 32.6 Å². The molecule has 0 aromatic rings. The zero-order valence-electron chi connectivity index (χ0n) is 10.00. The molecule has 0 spiro atoms. The molecule has 0 radical (unpaired) electrons. The van der Waals surface area contributed by atoms with Gasteiger partial charge in [-0.05, 0) is 25.2 Å². The van der Waals surface area contributed by atoms with Crippen molar-refractivity contribution in [3.63, 3.8) is 0 Å². The Morgan fingerprint density at radius 1 is 1.31 bits per heavy atom. The first kappa shape index (κ1) is 13.3. The van der Waals surface area contributed by atoms with Crippen LogP contribution in [0.3, 0.4) is 0 Å². The van der Waals surface area contributed by atoms with Crippen LogP contribution in [0.25, 0.3) is 0 Å². The fraction of sp³-hybridized carbons (Fsp3) is 0.818. The monoisotopic (exact) mass is 246 g/mol. The maximum atomic E-state index is 11.7. The molecule has 92 valence electrons. The lowest BCUT2D eigenvalue weighted by atomic mass is 9.92. The first-order chi connectivity index (χ1) is 7.40. The van der Waals surface area contributed by atoms with E-state index in [4.69, 9.17) is 11.6 Å². The number of carbonyl (C=O) groups is 2. The fourth-order valence-corrected chi connectivity index (χ4v) is 2.17. The Morgan fingerprint density at radius 2 is 1.81 bits per heavy atom. The second-order valence-corrected chi connectivity index (χ2v) is 5.42. The minimum absolute atomic E-state index is 0.323. The summed E-state index contributed by atoms with van der Waals surface area (Å²) in [5, 5.41) is 1.63. The zero-order chi connectivity index (χ0) is 12.3. The van der Waals surface area contributed by atoms with Gasteiger partial charge in [0.2, 0.25) is 5.91 Å². The highest BCUT2D eigenvalue weighted by Crippen LogP contribution is 2.20. The molecule has 1 fully saturated rings. The molecule has 1 N–H and O–H groups in total. The highest BCUT2D eigenvalue weighted by atomic mass is 35.5. The van der Waals surface area contributed by atoms with Crippen molar-refractivity contribution in [3.8, 4) is 0 Å². The molecule has 0 saturated carbocycles. The number of halogens is 1. The number of piperidine rings is 1. The first-order valence-electron chi connectivity index (χ1n) is 5.64. The van der Waals surface area contributed by atoms with E-state index in [-0.39, 0.29) is 6.03 Å². The Balaban J connectivity index is 2.50. The number of alkyl halides is 1. The molecule has 1 aliphatic heterocycles. The third kappa shape index (κ3) is 3.67. The zero-order valence-corrected chi connectivity index (χ0v) is 10.8. The topological polar surface area (TPSA) is 49.4 Å². The van der Waals surface area contributed by atoms with Crippen LogP contribution in [0.2, 0.25) is 0 Å². The van der Waals surface area contributed by atoms with E-state index in [1.54, 1.807) is 11.8 Å². The summed E-state index contributed by atoms with van der Waals surface area (Å²) < 4.78 is 0. The minimum Gasteiger partial charge on any atom is -0.324 e. The number of nitrogens with zero attached hydrogens (tertiary/aromatic N) is 1.